The summed E-state index contributed by atoms with van der Waals surface area (Å²) < 4.78 is 5.69. The SMILES string of the molecule is CCNCc1cnc(C(OCC)C(C)C)[nH]1. The van der Waals surface area contributed by atoms with Gasteiger partial charge < -0.3 is 15.0 Å². The fraction of sp³-hybridized carbons (Fsp3) is 0.750. The molecule has 1 aromatic rings. The van der Waals surface area contributed by atoms with Crippen LogP contribution in [0.15, 0.2) is 6.20 Å². The molecule has 92 valence electrons. The van der Waals surface area contributed by atoms with Gasteiger partial charge in [-0.25, -0.2) is 4.98 Å². The minimum atomic E-state index is 0.0698. The number of nitrogens with one attached hydrogen (secondary N) is 2. The third-order valence-electron chi connectivity index (χ3n) is 2.43. The van der Waals surface area contributed by atoms with E-state index in [-0.39, 0.29) is 6.10 Å². The molecule has 0 aliphatic heterocycles. The maximum atomic E-state index is 5.69. The van der Waals surface area contributed by atoms with Crippen molar-refractivity contribution in [3.8, 4) is 0 Å². The zero-order valence-electron chi connectivity index (χ0n) is 10.7. The smallest absolute Gasteiger partial charge is 0.135 e. The van der Waals surface area contributed by atoms with Gasteiger partial charge in [-0.1, -0.05) is 20.8 Å². The van der Waals surface area contributed by atoms with Gasteiger partial charge in [-0.05, 0) is 19.4 Å². The second-order valence-corrected chi connectivity index (χ2v) is 4.19. The third kappa shape index (κ3) is 3.61. The molecule has 0 radical (unpaired) electrons. The van der Waals surface area contributed by atoms with Crippen molar-refractivity contribution in [3.63, 3.8) is 0 Å². The van der Waals surface area contributed by atoms with Crippen LogP contribution in [0.3, 0.4) is 0 Å². The van der Waals surface area contributed by atoms with Gasteiger partial charge in [-0.15, -0.1) is 0 Å². The van der Waals surface area contributed by atoms with Crippen LogP contribution in [0.2, 0.25) is 0 Å². The van der Waals surface area contributed by atoms with Crippen molar-refractivity contribution in [2.45, 2.75) is 40.3 Å². The lowest BCUT2D eigenvalue weighted by Gasteiger charge is -2.18. The minimum Gasteiger partial charge on any atom is -0.370 e. The van der Waals surface area contributed by atoms with Crippen molar-refractivity contribution < 1.29 is 4.74 Å². The average Bonchev–Trinajstić information content (AvgIpc) is 2.70. The van der Waals surface area contributed by atoms with Crippen molar-refractivity contribution in [1.82, 2.24) is 15.3 Å². The Labute approximate surface area is 97.8 Å². The van der Waals surface area contributed by atoms with E-state index < -0.39 is 0 Å². The molecule has 1 rings (SSSR count). The van der Waals surface area contributed by atoms with E-state index in [4.69, 9.17) is 4.74 Å². The molecule has 2 N–H and O–H groups in total. The Bertz CT molecular complexity index is 296. The number of ether oxygens (including phenoxy) is 1. The average molecular weight is 225 g/mol. The maximum Gasteiger partial charge on any atom is 0.135 e. The highest BCUT2D eigenvalue weighted by atomic mass is 16.5. The summed E-state index contributed by atoms with van der Waals surface area (Å²) in [5.41, 5.74) is 1.11. The highest BCUT2D eigenvalue weighted by molar-refractivity contribution is 5.04. The normalized spacial score (nSPS) is 13.3. The number of aromatic amines is 1. The van der Waals surface area contributed by atoms with Crippen LogP contribution in [0.1, 0.15) is 45.3 Å². The lowest BCUT2D eigenvalue weighted by Crippen LogP contribution is -2.14. The molecular formula is C12H23N3O. The van der Waals surface area contributed by atoms with Crippen LogP contribution in [0.4, 0.5) is 0 Å². The largest absolute Gasteiger partial charge is 0.370 e. The van der Waals surface area contributed by atoms with E-state index in [9.17, 15) is 0 Å². The summed E-state index contributed by atoms with van der Waals surface area (Å²) in [6.07, 6.45) is 1.95. The Morgan fingerprint density at radius 2 is 2.19 bits per heavy atom. The molecule has 1 heterocycles. The monoisotopic (exact) mass is 225 g/mol. The summed E-state index contributed by atoms with van der Waals surface area (Å²) in [6, 6.07) is 0. The quantitative estimate of drug-likeness (QED) is 0.748. The van der Waals surface area contributed by atoms with E-state index in [0.717, 1.165) is 24.6 Å². The first-order valence-corrected chi connectivity index (χ1v) is 6.05. The molecule has 1 unspecified atom stereocenters. The van der Waals surface area contributed by atoms with Gasteiger partial charge in [0.25, 0.3) is 0 Å². The summed E-state index contributed by atoms with van der Waals surface area (Å²) in [5, 5.41) is 3.27. The van der Waals surface area contributed by atoms with Crippen LogP contribution in [0.25, 0.3) is 0 Å². The summed E-state index contributed by atoms with van der Waals surface area (Å²) in [6.45, 7) is 10.9. The molecule has 0 spiro atoms. The van der Waals surface area contributed by atoms with Crippen LogP contribution in [0.5, 0.6) is 0 Å². The number of hydrogen-bond acceptors (Lipinski definition) is 3. The topological polar surface area (TPSA) is 49.9 Å². The maximum absolute atomic E-state index is 5.69. The molecule has 0 saturated carbocycles. The number of H-pyrrole nitrogens is 1. The second-order valence-electron chi connectivity index (χ2n) is 4.19. The molecule has 0 fully saturated rings. The van der Waals surface area contributed by atoms with E-state index in [1.54, 1.807) is 0 Å². The van der Waals surface area contributed by atoms with Crippen LogP contribution >= 0.6 is 0 Å². The standard InChI is InChI=1S/C12H23N3O/c1-5-13-7-10-8-14-12(15-10)11(9(3)4)16-6-2/h8-9,11,13H,5-7H2,1-4H3,(H,14,15). The lowest BCUT2D eigenvalue weighted by atomic mass is 10.1. The van der Waals surface area contributed by atoms with Gasteiger partial charge in [-0.2, -0.15) is 0 Å². The second kappa shape index (κ2) is 6.66. The fourth-order valence-electron chi connectivity index (χ4n) is 1.64. The first-order valence-electron chi connectivity index (χ1n) is 6.05. The number of aromatic nitrogens is 2. The number of rotatable bonds is 7. The van der Waals surface area contributed by atoms with Crippen molar-refractivity contribution in [2.24, 2.45) is 5.92 Å². The highest BCUT2D eigenvalue weighted by Crippen LogP contribution is 2.22. The zero-order valence-corrected chi connectivity index (χ0v) is 10.7. The minimum absolute atomic E-state index is 0.0698. The van der Waals surface area contributed by atoms with Gasteiger partial charge in [0.2, 0.25) is 0 Å². The summed E-state index contributed by atoms with van der Waals surface area (Å²) in [5.74, 6) is 1.36. The molecule has 0 bridgehead atoms. The van der Waals surface area contributed by atoms with Crippen molar-refractivity contribution in [3.05, 3.63) is 17.7 Å². The van der Waals surface area contributed by atoms with E-state index in [1.165, 1.54) is 0 Å². The molecule has 1 atom stereocenters. The van der Waals surface area contributed by atoms with Gasteiger partial charge in [0.15, 0.2) is 0 Å². The predicted octanol–water partition coefficient (Wildman–Crippen LogP) is 2.25. The lowest BCUT2D eigenvalue weighted by molar-refractivity contribution is 0.0237. The van der Waals surface area contributed by atoms with Gasteiger partial charge >= 0.3 is 0 Å². The van der Waals surface area contributed by atoms with Gasteiger partial charge in [0, 0.05) is 25.0 Å². The molecular weight excluding hydrogens is 202 g/mol. The van der Waals surface area contributed by atoms with Crippen molar-refractivity contribution >= 4 is 0 Å². The molecule has 16 heavy (non-hydrogen) atoms. The molecule has 0 aliphatic carbocycles. The van der Waals surface area contributed by atoms with Gasteiger partial charge in [0.05, 0.1) is 0 Å². The molecule has 0 aliphatic rings. The summed E-state index contributed by atoms with van der Waals surface area (Å²) >= 11 is 0. The van der Waals surface area contributed by atoms with Crippen LogP contribution in [-0.2, 0) is 11.3 Å². The Balaban J connectivity index is 2.65. The van der Waals surface area contributed by atoms with Crippen molar-refractivity contribution in [2.75, 3.05) is 13.2 Å². The first-order chi connectivity index (χ1) is 7.69. The van der Waals surface area contributed by atoms with E-state index in [0.29, 0.717) is 12.5 Å². The number of hydrogen-bond donors (Lipinski definition) is 2. The first kappa shape index (κ1) is 13.2. The molecule has 0 aromatic carbocycles. The molecule has 4 heteroatoms. The Kier molecular flexibility index (Phi) is 5.49. The van der Waals surface area contributed by atoms with Gasteiger partial charge in [0.1, 0.15) is 11.9 Å². The van der Waals surface area contributed by atoms with E-state index in [2.05, 4.69) is 36.1 Å². The fourth-order valence-corrected chi connectivity index (χ4v) is 1.64. The van der Waals surface area contributed by atoms with Crippen LogP contribution in [-0.4, -0.2) is 23.1 Å². The van der Waals surface area contributed by atoms with Crippen LogP contribution < -0.4 is 5.32 Å². The van der Waals surface area contributed by atoms with E-state index in [1.807, 2.05) is 13.1 Å². The van der Waals surface area contributed by atoms with Crippen molar-refractivity contribution in [1.29, 1.82) is 0 Å². The van der Waals surface area contributed by atoms with E-state index >= 15 is 0 Å². The number of nitrogens with zero attached hydrogens (tertiary/aromatic N) is 1. The highest BCUT2D eigenvalue weighted by Gasteiger charge is 2.18. The van der Waals surface area contributed by atoms with Gasteiger partial charge in [-0.3, -0.25) is 0 Å². The predicted molar refractivity (Wildman–Crippen MR) is 65.2 cm³/mol. The number of imidazole rings is 1. The Morgan fingerprint density at radius 3 is 2.75 bits per heavy atom. The summed E-state index contributed by atoms with van der Waals surface area (Å²) in [7, 11) is 0. The molecule has 4 nitrogen and oxygen atoms in total. The van der Waals surface area contributed by atoms with Crippen LogP contribution in [0, 0.1) is 5.92 Å². The Hall–Kier alpha value is -0.870. The molecule has 0 saturated heterocycles. The summed E-state index contributed by atoms with van der Waals surface area (Å²) in [4.78, 5) is 7.70. The molecule has 1 aromatic heterocycles. The third-order valence-corrected chi connectivity index (χ3v) is 2.43. The zero-order chi connectivity index (χ0) is 12.0. The molecule has 0 amide bonds. The Morgan fingerprint density at radius 1 is 1.44 bits per heavy atom.